The number of aromatic nitrogens is 4. The van der Waals surface area contributed by atoms with Gasteiger partial charge in [-0.2, -0.15) is 0 Å². The molecule has 1 aliphatic carbocycles. The molecule has 0 unspecified atom stereocenters. The third-order valence-electron chi connectivity index (χ3n) is 5.27. The van der Waals surface area contributed by atoms with Crippen LogP contribution < -0.4 is 10.2 Å². The number of amides is 1. The van der Waals surface area contributed by atoms with E-state index in [1.807, 2.05) is 12.1 Å². The number of tetrazole rings is 1. The van der Waals surface area contributed by atoms with E-state index >= 15 is 0 Å². The maximum atomic E-state index is 12.8. The lowest BCUT2D eigenvalue weighted by Crippen LogP contribution is -2.27. The molecule has 0 radical (unpaired) electrons. The van der Waals surface area contributed by atoms with Gasteiger partial charge in [-0.15, -0.1) is 5.10 Å². The van der Waals surface area contributed by atoms with Gasteiger partial charge in [0.15, 0.2) is 0 Å². The summed E-state index contributed by atoms with van der Waals surface area (Å²) >= 11 is 0. The molecular formula is C18H24N6O. The molecule has 132 valence electrons. The number of nitrogens with one attached hydrogen (secondary N) is 1. The number of benzene rings is 1. The minimum Gasteiger partial charge on any atom is -0.370 e. The minimum absolute atomic E-state index is 0.136. The molecule has 0 spiro atoms. The Labute approximate surface area is 147 Å². The molecule has 1 amide bonds. The van der Waals surface area contributed by atoms with Crippen LogP contribution in [0, 0.1) is 5.92 Å². The number of nitrogens with zero attached hydrogens (tertiary/aromatic N) is 5. The second-order valence-corrected chi connectivity index (χ2v) is 6.97. The highest BCUT2D eigenvalue weighted by Gasteiger charge is 2.23. The molecule has 2 aliphatic rings. The molecule has 1 saturated carbocycles. The topological polar surface area (TPSA) is 75.9 Å². The smallest absolute Gasteiger partial charge is 0.227 e. The summed E-state index contributed by atoms with van der Waals surface area (Å²) in [5.74, 6) is 0.283. The van der Waals surface area contributed by atoms with Gasteiger partial charge in [0, 0.05) is 19.0 Å². The van der Waals surface area contributed by atoms with Gasteiger partial charge in [-0.1, -0.05) is 19.3 Å². The van der Waals surface area contributed by atoms with Crippen LogP contribution in [0.3, 0.4) is 0 Å². The summed E-state index contributed by atoms with van der Waals surface area (Å²) < 4.78 is 1.62. The number of hydrogen-bond donors (Lipinski definition) is 1. The van der Waals surface area contributed by atoms with Crippen LogP contribution in [0.2, 0.25) is 0 Å². The van der Waals surface area contributed by atoms with Crippen molar-refractivity contribution in [3.63, 3.8) is 0 Å². The molecule has 1 aromatic carbocycles. The van der Waals surface area contributed by atoms with E-state index < -0.39 is 0 Å². The molecule has 1 aliphatic heterocycles. The zero-order chi connectivity index (χ0) is 17.1. The Morgan fingerprint density at radius 3 is 2.60 bits per heavy atom. The number of hydrogen-bond acceptors (Lipinski definition) is 5. The fourth-order valence-corrected chi connectivity index (χ4v) is 3.88. The summed E-state index contributed by atoms with van der Waals surface area (Å²) in [6, 6.07) is 6.05. The fourth-order valence-electron chi connectivity index (χ4n) is 3.88. The molecule has 2 aromatic rings. The molecule has 7 heteroatoms. The standard InChI is InChI=1S/C18H24N6O/c25-18(14-6-2-1-3-7-14)20-16-12-15(24-13-19-21-22-24)8-9-17(16)23-10-4-5-11-23/h8-9,12-14H,1-7,10-11H2,(H,20,25). The summed E-state index contributed by atoms with van der Waals surface area (Å²) in [5.41, 5.74) is 2.82. The molecule has 25 heavy (non-hydrogen) atoms. The third kappa shape index (κ3) is 3.50. The number of rotatable bonds is 4. The van der Waals surface area contributed by atoms with Crippen molar-refractivity contribution in [1.29, 1.82) is 0 Å². The summed E-state index contributed by atoms with van der Waals surface area (Å²) in [6.07, 6.45) is 9.52. The Bertz CT molecular complexity index is 717. The van der Waals surface area contributed by atoms with Gasteiger partial charge in [-0.25, -0.2) is 4.68 Å². The van der Waals surface area contributed by atoms with Gasteiger partial charge in [-0.3, -0.25) is 4.79 Å². The second kappa shape index (κ2) is 7.21. The summed E-state index contributed by atoms with van der Waals surface area (Å²) in [4.78, 5) is 15.1. The molecule has 0 atom stereocenters. The molecule has 0 bridgehead atoms. The van der Waals surface area contributed by atoms with Crippen molar-refractivity contribution in [3.8, 4) is 5.69 Å². The van der Waals surface area contributed by atoms with Gasteiger partial charge in [0.05, 0.1) is 17.1 Å². The first-order chi connectivity index (χ1) is 12.3. The van der Waals surface area contributed by atoms with E-state index in [2.05, 4.69) is 31.8 Å². The second-order valence-electron chi connectivity index (χ2n) is 6.97. The first-order valence-electron chi connectivity index (χ1n) is 9.24. The predicted molar refractivity (Wildman–Crippen MR) is 95.8 cm³/mol. The molecular weight excluding hydrogens is 316 g/mol. The lowest BCUT2D eigenvalue weighted by atomic mass is 9.88. The van der Waals surface area contributed by atoms with Crippen molar-refractivity contribution in [2.24, 2.45) is 5.92 Å². The van der Waals surface area contributed by atoms with E-state index in [0.717, 1.165) is 55.8 Å². The van der Waals surface area contributed by atoms with E-state index in [0.29, 0.717) is 0 Å². The van der Waals surface area contributed by atoms with E-state index in [1.165, 1.54) is 19.3 Å². The van der Waals surface area contributed by atoms with Crippen LogP contribution in [0.5, 0.6) is 0 Å². The molecule has 2 heterocycles. The van der Waals surface area contributed by atoms with Crippen LogP contribution in [0.1, 0.15) is 44.9 Å². The Morgan fingerprint density at radius 1 is 1.08 bits per heavy atom. The first kappa shape index (κ1) is 16.1. The van der Waals surface area contributed by atoms with Crippen molar-refractivity contribution >= 4 is 17.3 Å². The molecule has 4 rings (SSSR count). The fraction of sp³-hybridized carbons (Fsp3) is 0.556. The normalized spacial score (nSPS) is 18.5. The lowest BCUT2D eigenvalue weighted by molar-refractivity contribution is -0.120. The summed E-state index contributed by atoms with van der Waals surface area (Å²) in [7, 11) is 0. The number of carbonyl (C=O) groups is 1. The van der Waals surface area contributed by atoms with Crippen molar-refractivity contribution in [2.75, 3.05) is 23.3 Å². The number of carbonyl (C=O) groups excluding carboxylic acids is 1. The maximum Gasteiger partial charge on any atom is 0.227 e. The molecule has 2 fully saturated rings. The van der Waals surface area contributed by atoms with Gasteiger partial charge in [0.2, 0.25) is 5.91 Å². The van der Waals surface area contributed by atoms with Crippen molar-refractivity contribution in [3.05, 3.63) is 24.5 Å². The SMILES string of the molecule is O=C(Nc1cc(-n2cnnn2)ccc1N1CCCC1)C1CCCCC1. The molecule has 1 saturated heterocycles. The first-order valence-corrected chi connectivity index (χ1v) is 9.24. The lowest BCUT2D eigenvalue weighted by Gasteiger charge is -2.25. The summed E-state index contributed by atoms with van der Waals surface area (Å²) in [6.45, 7) is 2.08. The highest BCUT2D eigenvalue weighted by molar-refractivity contribution is 5.96. The van der Waals surface area contributed by atoms with Gasteiger partial charge < -0.3 is 10.2 Å². The van der Waals surface area contributed by atoms with Crippen LogP contribution in [0.15, 0.2) is 24.5 Å². The quantitative estimate of drug-likeness (QED) is 0.926. The van der Waals surface area contributed by atoms with Gasteiger partial charge >= 0.3 is 0 Å². The Hall–Kier alpha value is -2.44. The monoisotopic (exact) mass is 340 g/mol. The van der Waals surface area contributed by atoms with Crippen LogP contribution in [-0.2, 0) is 4.79 Å². The Kier molecular flexibility index (Phi) is 4.63. The number of anilines is 2. The van der Waals surface area contributed by atoms with E-state index in [-0.39, 0.29) is 11.8 Å². The zero-order valence-electron chi connectivity index (χ0n) is 14.4. The van der Waals surface area contributed by atoms with Crippen LogP contribution in [-0.4, -0.2) is 39.2 Å². The molecule has 7 nitrogen and oxygen atoms in total. The third-order valence-corrected chi connectivity index (χ3v) is 5.27. The average molecular weight is 340 g/mol. The van der Waals surface area contributed by atoms with Crippen LogP contribution >= 0.6 is 0 Å². The van der Waals surface area contributed by atoms with Gasteiger partial charge in [0.25, 0.3) is 0 Å². The minimum atomic E-state index is 0.136. The Morgan fingerprint density at radius 2 is 1.88 bits per heavy atom. The maximum absolute atomic E-state index is 12.8. The van der Waals surface area contributed by atoms with Crippen molar-refractivity contribution < 1.29 is 4.79 Å². The highest BCUT2D eigenvalue weighted by atomic mass is 16.1. The van der Waals surface area contributed by atoms with Gasteiger partial charge in [-0.05, 0) is 54.3 Å². The van der Waals surface area contributed by atoms with Gasteiger partial charge in [0.1, 0.15) is 6.33 Å². The molecule has 1 N–H and O–H groups in total. The predicted octanol–water partition coefficient (Wildman–Crippen LogP) is 2.78. The summed E-state index contributed by atoms with van der Waals surface area (Å²) in [5, 5.41) is 14.5. The largest absolute Gasteiger partial charge is 0.370 e. The van der Waals surface area contributed by atoms with E-state index in [4.69, 9.17) is 0 Å². The molecule has 1 aromatic heterocycles. The van der Waals surface area contributed by atoms with E-state index in [1.54, 1.807) is 11.0 Å². The highest BCUT2D eigenvalue weighted by Crippen LogP contribution is 2.32. The van der Waals surface area contributed by atoms with Crippen molar-refractivity contribution in [2.45, 2.75) is 44.9 Å². The van der Waals surface area contributed by atoms with Crippen molar-refractivity contribution in [1.82, 2.24) is 20.2 Å². The van der Waals surface area contributed by atoms with E-state index in [9.17, 15) is 4.79 Å². The Balaban J connectivity index is 1.61. The zero-order valence-corrected chi connectivity index (χ0v) is 14.4. The van der Waals surface area contributed by atoms with Crippen LogP contribution in [0.25, 0.3) is 5.69 Å². The van der Waals surface area contributed by atoms with Crippen LogP contribution in [0.4, 0.5) is 11.4 Å². The average Bonchev–Trinajstić information content (AvgIpc) is 3.36.